The molecule has 0 radical (unpaired) electrons. The van der Waals surface area contributed by atoms with E-state index in [1.807, 2.05) is 13.8 Å². The number of allylic oxidation sites excluding steroid dienone is 1. The number of likely N-dealkylation sites (tertiary alicyclic amines) is 1. The van der Waals surface area contributed by atoms with Gasteiger partial charge in [-0.3, -0.25) is 24.1 Å². The van der Waals surface area contributed by atoms with Gasteiger partial charge in [-0.1, -0.05) is 42.8 Å². The number of anilines is 5. The summed E-state index contributed by atoms with van der Waals surface area (Å²) in [6, 6.07) is 14.7. The van der Waals surface area contributed by atoms with E-state index in [2.05, 4.69) is 61.8 Å². The lowest BCUT2D eigenvalue weighted by Gasteiger charge is -2.33. The zero-order valence-electron chi connectivity index (χ0n) is 37.5. The molecule has 344 valence electrons. The molecule has 15 nitrogen and oxygen atoms in total. The molecule has 0 saturated carbocycles. The third-order valence-corrected chi connectivity index (χ3v) is 14.5. The highest BCUT2D eigenvalue weighted by atomic mass is 35.5. The molecule has 4 aromatic rings. The number of sulfone groups is 1. The molecule has 3 aliphatic rings. The van der Waals surface area contributed by atoms with E-state index in [9.17, 15) is 27.6 Å². The highest BCUT2D eigenvalue weighted by molar-refractivity contribution is 7.92. The molecule has 4 N–H and O–H groups in total. The lowest BCUT2D eigenvalue weighted by molar-refractivity contribution is -0.125. The molecular formula is C48H57ClN8O7S. The number of nitrogens with zero attached hydrogens (tertiary/aromatic N) is 4. The number of imide groups is 1. The van der Waals surface area contributed by atoms with Gasteiger partial charge in [-0.25, -0.2) is 13.4 Å². The number of fused-ring (bicyclic) bond motifs is 1. The predicted molar refractivity (Wildman–Crippen MR) is 252 cm³/mol. The number of hydrogen-bond donors (Lipinski definition) is 4. The van der Waals surface area contributed by atoms with E-state index in [-0.39, 0.29) is 56.9 Å². The zero-order valence-corrected chi connectivity index (χ0v) is 39.1. The number of aromatic nitrogens is 2. The normalized spacial score (nSPS) is 17.1. The van der Waals surface area contributed by atoms with Crippen LogP contribution in [0.3, 0.4) is 0 Å². The average Bonchev–Trinajstić information content (AvgIpc) is 3.52. The number of benzene rings is 3. The Morgan fingerprint density at radius 1 is 0.938 bits per heavy atom. The molecule has 0 bridgehead atoms. The first-order valence-corrected chi connectivity index (χ1v) is 24.2. The minimum absolute atomic E-state index is 0.0968. The number of amides is 4. The van der Waals surface area contributed by atoms with Crippen LogP contribution >= 0.6 is 11.6 Å². The molecule has 1 unspecified atom stereocenters. The third kappa shape index (κ3) is 10.7. The second kappa shape index (κ2) is 20.1. The highest BCUT2D eigenvalue weighted by Crippen LogP contribution is 2.39. The molecule has 1 aromatic heterocycles. The van der Waals surface area contributed by atoms with Crippen molar-refractivity contribution in [2.45, 2.75) is 114 Å². The maximum atomic E-state index is 13.5. The van der Waals surface area contributed by atoms with Gasteiger partial charge < -0.3 is 30.9 Å². The molecule has 7 rings (SSSR count). The van der Waals surface area contributed by atoms with Crippen molar-refractivity contribution in [3.63, 3.8) is 0 Å². The smallest absolute Gasteiger partial charge is 0.264 e. The van der Waals surface area contributed by atoms with Gasteiger partial charge >= 0.3 is 0 Å². The van der Waals surface area contributed by atoms with Crippen LogP contribution in [0.25, 0.3) is 0 Å². The summed E-state index contributed by atoms with van der Waals surface area (Å²) in [5.41, 5.74) is 4.53. The largest absolute Gasteiger partial charge is 0.489 e. The van der Waals surface area contributed by atoms with E-state index >= 15 is 0 Å². The van der Waals surface area contributed by atoms with Crippen LogP contribution in [0.15, 0.2) is 78.0 Å². The van der Waals surface area contributed by atoms with E-state index in [1.165, 1.54) is 11.8 Å². The maximum absolute atomic E-state index is 13.5. The topological polar surface area (TPSA) is 192 Å². The summed E-state index contributed by atoms with van der Waals surface area (Å²) in [6.07, 6.45) is 6.86. The second-order valence-corrected chi connectivity index (χ2v) is 20.3. The molecule has 2 saturated heterocycles. The Morgan fingerprint density at radius 2 is 1.68 bits per heavy atom. The fourth-order valence-electron chi connectivity index (χ4n) is 8.60. The monoisotopic (exact) mass is 924 g/mol. The average molecular weight is 926 g/mol. The molecule has 3 aromatic carbocycles. The third-order valence-electron chi connectivity index (χ3n) is 12.0. The Labute approximate surface area is 385 Å². The number of carbonyl (C=O) groups is 4. The fraction of sp³-hybridized carbons (Fsp3) is 0.417. The van der Waals surface area contributed by atoms with Gasteiger partial charge in [0, 0.05) is 12.1 Å². The molecule has 2 fully saturated rings. The van der Waals surface area contributed by atoms with Crippen molar-refractivity contribution in [2.75, 3.05) is 35.6 Å². The van der Waals surface area contributed by atoms with Crippen LogP contribution in [0.5, 0.6) is 5.75 Å². The molecule has 1 atom stereocenters. The quantitative estimate of drug-likeness (QED) is 0.0583. The number of piperidine rings is 2. The van der Waals surface area contributed by atoms with Crippen LogP contribution in [-0.4, -0.2) is 88.8 Å². The predicted octanol–water partition coefficient (Wildman–Crippen LogP) is 8.66. The molecule has 3 aliphatic heterocycles. The van der Waals surface area contributed by atoms with Gasteiger partial charge in [-0.15, -0.1) is 0 Å². The lowest BCUT2D eigenvalue weighted by atomic mass is 9.86. The van der Waals surface area contributed by atoms with Crippen LogP contribution < -0.4 is 26.0 Å². The molecule has 0 spiro atoms. The van der Waals surface area contributed by atoms with Gasteiger partial charge in [0.05, 0.1) is 50.6 Å². The second-order valence-electron chi connectivity index (χ2n) is 17.4. The zero-order chi connectivity index (χ0) is 46.6. The first-order chi connectivity index (χ1) is 31.0. The van der Waals surface area contributed by atoms with Crippen molar-refractivity contribution in [2.24, 2.45) is 0 Å². The van der Waals surface area contributed by atoms with Crippen molar-refractivity contribution in [1.29, 1.82) is 0 Å². The lowest BCUT2D eigenvalue weighted by Crippen LogP contribution is -2.51. The van der Waals surface area contributed by atoms with Crippen LogP contribution in [0.1, 0.15) is 117 Å². The Morgan fingerprint density at radius 3 is 2.40 bits per heavy atom. The van der Waals surface area contributed by atoms with Crippen molar-refractivity contribution >= 4 is 73.9 Å². The number of hydrogen-bond acceptors (Lipinski definition) is 12. The molecule has 65 heavy (non-hydrogen) atoms. The van der Waals surface area contributed by atoms with Crippen LogP contribution in [-0.2, 0) is 19.4 Å². The summed E-state index contributed by atoms with van der Waals surface area (Å²) < 4.78 is 32.5. The number of halogens is 1. The molecule has 17 heteroatoms. The van der Waals surface area contributed by atoms with Crippen LogP contribution in [0, 0.1) is 6.92 Å². The van der Waals surface area contributed by atoms with Crippen molar-refractivity contribution in [3.05, 3.63) is 100 Å². The number of carbonyl (C=O) groups excluding carboxylic acids is 4. The van der Waals surface area contributed by atoms with Crippen molar-refractivity contribution in [3.8, 4) is 5.75 Å². The van der Waals surface area contributed by atoms with E-state index in [4.69, 9.17) is 16.3 Å². The molecular weight excluding hydrogens is 868 g/mol. The molecule has 0 aliphatic carbocycles. The minimum atomic E-state index is -3.58. The van der Waals surface area contributed by atoms with Gasteiger partial charge in [0.25, 0.3) is 11.8 Å². The van der Waals surface area contributed by atoms with E-state index in [1.54, 1.807) is 56.3 Å². The Bertz CT molecular complexity index is 2610. The number of para-hydroxylation sites is 1. The number of rotatable bonds is 17. The summed E-state index contributed by atoms with van der Waals surface area (Å²) in [7, 11) is -3.58. The Hall–Kier alpha value is -5.84. The van der Waals surface area contributed by atoms with E-state index < -0.39 is 38.9 Å². The van der Waals surface area contributed by atoms with Crippen LogP contribution in [0.2, 0.25) is 5.02 Å². The van der Waals surface area contributed by atoms with Crippen molar-refractivity contribution in [1.82, 2.24) is 25.1 Å². The molecule has 4 amide bonds. The first kappa shape index (κ1) is 47.1. The van der Waals surface area contributed by atoms with Gasteiger partial charge in [-0.05, 0) is 146 Å². The SMILES string of the molecule is C=C1CCC(N2C(=O)c3cccc(NC(=O)CCCCCN4CCC(c5cc(OC(C)C)c(Nc6ncc(Cl)c(Nc7ccccc7S(=O)(=O)C(C)C)n6)cc5C)CC4)c3C2=O)C(=O)N1. The summed E-state index contributed by atoms with van der Waals surface area (Å²) in [5, 5.41) is 11.5. The summed E-state index contributed by atoms with van der Waals surface area (Å²) >= 11 is 6.51. The van der Waals surface area contributed by atoms with Crippen molar-refractivity contribution < 1.29 is 32.3 Å². The minimum Gasteiger partial charge on any atom is -0.489 e. The van der Waals surface area contributed by atoms with Crippen LogP contribution in [0.4, 0.5) is 28.8 Å². The standard InChI is InChI=1S/C48H57ClN8O7S/c1-28(2)64-40-26-34(30(5)25-38(40)54-48-50-27-35(49)44(55-48)53-36-14-9-10-16-41(36)65(62,63)29(3)4)32-20-23-56(24-21-32)22-11-7-8-17-42(58)52-37-15-12-13-33-43(37)47(61)57(46(33)60)39-19-18-31(6)51-45(39)59/h9-10,12-16,25-29,32,39H,6-8,11,17-24H2,1-5H3,(H,51,59)(H,52,58)(H2,50,53,54,55). The fourth-order valence-corrected chi connectivity index (χ4v) is 9.94. The molecule has 4 heterocycles. The summed E-state index contributed by atoms with van der Waals surface area (Å²) in [6.45, 7) is 15.9. The maximum Gasteiger partial charge on any atom is 0.264 e. The number of aryl methyl sites for hydroxylation is 1. The Kier molecular flexibility index (Phi) is 14.6. The first-order valence-electron chi connectivity index (χ1n) is 22.2. The van der Waals surface area contributed by atoms with Gasteiger partial charge in [-0.2, -0.15) is 4.98 Å². The number of nitrogens with one attached hydrogen (secondary N) is 4. The van der Waals surface area contributed by atoms with E-state index in [0.717, 1.165) is 55.8 Å². The summed E-state index contributed by atoms with van der Waals surface area (Å²) in [5.74, 6) is -0.260. The highest BCUT2D eigenvalue weighted by Gasteiger charge is 2.45. The van der Waals surface area contributed by atoms with Gasteiger partial charge in [0.1, 0.15) is 16.8 Å². The number of ether oxygens (including phenoxy) is 1. The van der Waals surface area contributed by atoms with Gasteiger partial charge in [0.15, 0.2) is 15.7 Å². The Balaban J connectivity index is 0.904. The number of unbranched alkanes of at least 4 members (excludes halogenated alkanes) is 2. The van der Waals surface area contributed by atoms with E-state index in [0.29, 0.717) is 48.0 Å². The summed E-state index contributed by atoms with van der Waals surface area (Å²) in [4.78, 5) is 65.0. The van der Waals surface area contributed by atoms with Gasteiger partial charge in [0.2, 0.25) is 17.8 Å².